The summed E-state index contributed by atoms with van der Waals surface area (Å²) in [6, 6.07) is 8.71. The van der Waals surface area contributed by atoms with Crippen LogP contribution in [0.2, 0.25) is 5.02 Å². The van der Waals surface area contributed by atoms with Gasteiger partial charge < -0.3 is 15.0 Å². The molecule has 1 amide bonds. The highest BCUT2D eigenvalue weighted by Gasteiger charge is 2.22. The Morgan fingerprint density at radius 3 is 2.44 bits per heavy atom. The summed E-state index contributed by atoms with van der Waals surface area (Å²) in [7, 11) is -3.74. The van der Waals surface area contributed by atoms with Gasteiger partial charge in [-0.1, -0.05) is 11.6 Å². The quantitative estimate of drug-likeness (QED) is 0.548. The van der Waals surface area contributed by atoms with Crippen LogP contribution in [0, 0.1) is 18.6 Å². The number of nitrogens with one attached hydrogen (secondary N) is 1. The van der Waals surface area contributed by atoms with Crippen LogP contribution >= 0.6 is 11.6 Å². The second-order valence-corrected chi connectivity index (χ2v) is 9.88. The first-order chi connectivity index (χ1) is 14.9. The molecule has 1 atom stereocenters. The molecule has 2 aromatic carbocycles. The van der Waals surface area contributed by atoms with Crippen molar-refractivity contribution in [2.24, 2.45) is 0 Å². The average molecular weight is 483 g/mol. The van der Waals surface area contributed by atoms with E-state index in [9.17, 15) is 27.1 Å². The predicted molar refractivity (Wildman–Crippen MR) is 118 cm³/mol. The first kappa shape index (κ1) is 23.9. The van der Waals surface area contributed by atoms with Crippen molar-refractivity contribution in [3.8, 4) is 5.69 Å². The standard InChI is InChI=1S/C22H21ClF2N2O4S/c1-12(28)8-16-11-17(13(2)27(16)20-6-4-14(24)9-18(20)23)22(29)26-15-5-7-21(19(25)10-15)32(3,30)31/h4-7,9-12,28H,8H2,1-3H3,(H,26,29)/t12-/m0/s1. The highest BCUT2D eigenvalue weighted by Crippen LogP contribution is 2.29. The molecule has 2 N–H and O–H groups in total. The fraction of sp³-hybridized carbons (Fsp3) is 0.227. The van der Waals surface area contributed by atoms with Gasteiger partial charge in [0.15, 0.2) is 9.84 Å². The van der Waals surface area contributed by atoms with Gasteiger partial charge in [-0.05, 0) is 56.3 Å². The van der Waals surface area contributed by atoms with Gasteiger partial charge in [0.25, 0.3) is 5.91 Å². The van der Waals surface area contributed by atoms with Crippen LogP contribution < -0.4 is 5.32 Å². The van der Waals surface area contributed by atoms with Gasteiger partial charge in [0.1, 0.15) is 16.5 Å². The number of rotatable bonds is 6. The molecule has 0 bridgehead atoms. The number of aliphatic hydroxyl groups is 1. The van der Waals surface area contributed by atoms with Crippen molar-refractivity contribution in [1.29, 1.82) is 0 Å². The van der Waals surface area contributed by atoms with E-state index in [1.807, 2.05) is 0 Å². The molecule has 0 unspecified atom stereocenters. The lowest BCUT2D eigenvalue weighted by Gasteiger charge is -2.15. The molecule has 10 heteroatoms. The lowest BCUT2D eigenvalue weighted by molar-refractivity contribution is 0.102. The minimum absolute atomic E-state index is 0.0731. The van der Waals surface area contributed by atoms with E-state index in [1.165, 1.54) is 18.2 Å². The molecular weight excluding hydrogens is 462 g/mol. The molecule has 0 radical (unpaired) electrons. The molecule has 32 heavy (non-hydrogen) atoms. The van der Waals surface area contributed by atoms with E-state index in [4.69, 9.17) is 11.6 Å². The summed E-state index contributed by atoms with van der Waals surface area (Å²) in [5.74, 6) is -2.07. The number of amides is 1. The smallest absolute Gasteiger partial charge is 0.257 e. The molecule has 6 nitrogen and oxygen atoms in total. The van der Waals surface area contributed by atoms with Crippen molar-refractivity contribution in [3.63, 3.8) is 0 Å². The Hall–Kier alpha value is -2.75. The van der Waals surface area contributed by atoms with Crippen LogP contribution in [0.1, 0.15) is 28.7 Å². The molecule has 1 aromatic heterocycles. The van der Waals surface area contributed by atoms with Crippen LogP contribution in [0.3, 0.4) is 0 Å². The zero-order valence-corrected chi connectivity index (χ0v) is 19.1. The van der Waals surface area contributed by atoms with E-state index in [2.05, 4.69) is 5.32 Å². The van der Waals surface area contributed by atoms with Crippen molar-refractivity contribution in [1.82, 2.24) is 4.57 Å². The third kappa shape index (κ3) is 5.01. The summed E-state index contributed by atoms with van der Waals surface area (Å²) in [4.78, 5) is 12.5. The van der Waals surface area contributed by atoms with Crippen molar-refractivity contribution in [3.05, 3.63) is 76.1 Å². The number of sulfone groups is 1. The molecule has 3 rings (SSSR count). The first-order valence-electron chi connectivity index (χ1n) is 9.54. The fourth-order valence-corrected chi connectivity index (χ4v) is 4.41. The Kier molecular flexibility index (Phi) is 6.73. The van der Waals surface area contributed by atoms with E-state index >= 15 is 0 Å². The number of hydrogen-bond donors (Lipinski definition) is 2. The largest absolute Gasteiger partial charge is 0.393 e. The number of carbonyl (C=O) groups is 1. The van der Waals surface area contributed by atoms with Gasteiger partial charge in [0.2, 0.25) is 0 Å². The summed E-state index contributed by atoms with van der Waals surface area (Å²) in [6.07, 6.45) is 0.357. The number of anilines is 1. The number of carbonyl (C=O) groups excluding carboxylic acids is 1. The highest BCUT2D eigenvalue weighted by molar-refractivity contribution is 7.90. The monoisotopic (exact) mass is 482 g/mol. The summed E-state index contributed by atoms with van der Waals surface area (Å²) in [5, 5.41) is 12.6. The van der Waals surface area contributed by atoms with Crippen molar-refractivity contribution in [2.75, 3.05) is 11.6 Å². The second kappa shape index (κ2) is 9.01. The molecule has 3 aromatic rings. The summed E-state index contributed by atoms with van der Waals surface area (Å²) < 4.78 is 52.5. The predicted octanol–water partition coefficient (Wildman–Crippen LogP) is 4.30. The lowest BCUT2D eigenvalue weighted by Crippen LogP contribution is -2.14. The van der Waals surface area contributed by atoms with Gasteiger partial charge in [-0.15, -0.1) is 0 Å². The fourth-order valence-electron chi connectivity index (χ4n) is 3.43. The van der Waals surface area contributed by atoms with E-state index in [1.54, 1.807) is 24.5 Å². The number of halogens is 3. The SMILES string of the molecule is Cc1c(C(=O)Nc2ccc(S(C)(=O)=O)c(F)c2)cc(C[C@H](C)O)n1-c1ccc(F)cc1Cl. The molecule has 0 aliphatic heterocycles. The Morgan fingerprint density at radius 1 is 1.19 bits per heavy atom. The van der Waals surface area contributed by atoms with E-state index in [0.29, 0.717) is 17.1 Å². The van der Waals surface area contributed by atoms with Crippen molar-refractivity contribution >= 4 is 33.0 Å². The third-order valence-corrected chi connectivity index (χ3v) is 6.25. The Bertz CT molecular complexity index is 1300. The molecule has 0 fully saturated rings. The van der Waals surface area contributed by atoms with Gasteiger partial charge in [-0.25, -0.2) is 17.2 Å². The third-order valence-electron chi connectivity index (χ3n) is 4.81. The van der Waals surface area contributed by atoms with Crippen LogP contribution in [0.15, 0.2) is 47.4 Å². The normalized spacial score (nSPS) is 12.6. The minimum atomic E-state index is -3.74. The van der Waals surface area contributed by atoms with Gasteiger partial charge in [-0.2, -0.15) is 0 Å². The molecule has 0 saturated heterocycles. The van der Waals surface area contributed by atoms with Crippen LogP contribution in [-0.4, -0.2) is 36.4 Å². The number of nitrogens with zero attached hydrogens (tertiary/aromatic N) is 1. The molecule has 1 heterocycles. The van der Waals surface area contributed by atoms with Crippen molar-refractivity contribution in [2.45, 2.75) is 31.3 Å². The first-order valence-corrected chi connectivity index (χ1v) is 11.8. The van der Waals surface area contributed by atoms with Crippen LogP contribution in [0.25, 0.3) is 5.69 Å². The maximum absolute atomic E-state index is 14.2. The van der Waals surface area contributed by atoms with E-state index in [-0.39, 0.29) is 22.7 Å². The van der Waals surface area contributed by atoms with Crippen molar-refractivity contribution < 1.29 is 27.1 Å². The zero-order chi connectivity index (χ0) is 23.8. The topological polar surface area (TPSA) is 88.4 Å². The highest BCUT2D eigenvalue weighted by atomic mass is 35.5. The Balaban J connectivity index is 2.02. The maximum atomic E-state index is 14.2. The van der Waals surface area contributed by atoms with Gasteiger partial charge in [0, 0.05) is 29.8 Å². The molecule has 170 valence electrons. The molecule has 0 saturated carbocycles. The average Bonchev–Trinajstić information content (AvgIpc) is 2.96. The Morgan fingerprint density at radius 2 is 1.88 bits per heavy atom. The van der Waals surface area contributed by atoms with Crippen LogP contribution in [0.5, 0.6) is 0 Å². The number of aliphatic hydroxyl groups excluding tert-OH is 1. The van der Waals surface area contributed by atoms with E-state index in [0.717, 1.165) is 24.5 Å². The maximum Gasteiger partial charge on any atom is 0.257 e. The minimum Gasteiger partial charge on any atom is -0.393 e. The van der Waals surface area contributed by atoms with Crippen LogP contribution in [0.4, 0.5) is 14.5 Å². The van der Waals surface area contributed by atoms with Crippen LogP contribution in [-0.2, 0) is 16.3 Å². The molecule has 0 aliphatic rings. The molecular formula is C22H21ClF2N2O4S. The number of benzene rings is 2. The Labute approximate surface area is 189 Å². The molecule has 0 aliphatic carbocycles. The molecule has 0 spiro atoms. The summed E-state index contributed by atoms with van der Waals surface area (Å²) in [6.45, 7) is 3.25. The zero-order valence-electron chi connectivity index (χ0n) is 17.5. The van der Waals surface area contributed by atoms with Gasteiger partial charge in [-0.3, -0.25) is 4.79 Å². The number of aromatic nitrogens is 1. The summed E-state index contributed by atoms with van der Waals surface area (Å²) in [5.41, 5.74) is 1.77. The van der Waals surface area contributed by atoms with Gasteiger partial charge in [0.05, 0.1) is 22.4 Å². The second-order valence-electron chi connectivity index (χ2n) is 7.49. The summed E-state index contributed by atoms with van der Waals surface area (Å²) >= 11 is 6.22. The number of hydrogen-bond acceptors (Lipinski definition) is 4. The van der Waals surface area contributed by atoms with Gasteiger partial charge >= 0.3 is 0 Å². The van der Waals surface area contributed by atoms with E-state index < -0.39 is 38.4 Å². The lowest BCUT2D eigenvalue weighted by atomic mass is 10.2.